The topological polar surface area (TPSA) is 85.2 Å². The number of hydrogen-bond donors (Lipinski definition) is 1. The van der Waals surface area contributed by atoms with E-state index >= 15 is 0 Å². The van der Waals surface area contributed by atoms with Crippen molar-refractivity contribution in [2.75, 3.05) is 30.4 Å². The second kappa shape index (κ2) is 8.08. The zero-order chi connectivity index (χ0) is 19.3. The van der Waals surface area contributed by atoms with Crippen molar-refractivity contribution in [2.45, 2.75) is 19.3 Å². The number of carbonyl (C=O) groups excluding carboxylic acids is 1. The molecule has 0 unspecified atom stereocenters. The van der Waals surface area contributed by atoms with Gasteiger partial charge in [-0.05, 0) is 59.2 Å². The van der Waals surface area contributed by atoms with Gasteiger partial charge in [0.1, 0.15) is 12.1 Å². The maximum absolute atomic E-state index is 12.7. The van der Waals surface area contributed by atoms with E-state index in [1.807, 2.05) is 42.5 Å². The molecule has 0 saturated carbocycles. The van der Waals surface area contributed by atoms with E-state index in [1.54, 1.807) is 11.8 Å². The van der Waals surface area contributed by atoms with Gasteiger partial charge >= 0.3 is 0 Å². The molecule has 144 valence electrons. The molecule has 1 N–H and O–H groups in total. The van der Waals surface area contributed by atoms with Gasteiger partial charge in [-0.25, -0.2) is 4.68 Å². The van der Waals surface area contributed by atoms with Gasteiger partial charge in [0.15, 0.2) is 0 Å². The van der Waals surface area contributed by atoms with E-state index in [-0.39, 0.29) is 12.3 Å². The molecule has 8 nitrogen and oxygen atoms in total. The summed E-state index contributed by atoms with van der Waals surface area (Å²) < 4.78 is 6.81. The molecular weight excluding hydrogens is 356 g/mol. The third-order valence-corrected chi connectivity index (χ3v) is 4.81. The van der Waals surface area contributed by atoms with Gasteiger partial charge in [-0.15, -0.1) is 5.10 Å². The first-order valence-corrected chi connectivity index (χ1v) is 9.28. The minimum absolute atomic E-state index is 0.0810. The molecular formula is C20H22N6O2. The highest BCUT2D eigenvalue weighted by Gasteiger charge is 2.18. The summed E-state index contributed by atoms with van der Waals surface area (Å²) >= 11 is 0. The molecule has 0 radical (unpaired) electrons. The Bertz CT molecular complexity index is 951. The fourth-order valence-electron chi connectivity index (χ4n) is 3.44. The zero-order valence-corrected chi connectivity index (χ0v) is 15.7. The zero-order valence-electron chi connectivity index (χ0n) is 15.7. The molecule has 1 saturated heterocycles. The lowest BCUT2D eigenvalue weighted by atomic mass is 10.1. The standard InChI is InChI=1S/C20H22N6O2/c1-28-17-6-4-5-15(11-17)12-20(27)22-18-13-16(26-14-21-23-24-26)7-8-19(18)25-9-2-3-10-25/h4-8,11,13-14H,2-3,9-10,12H2,1H3,(H,22,27). The van der Waals surface area contributed by atoms with Crippen LogP contribution in [-0.4, -0.2) is 46.3 Å². The minimum atomic E-state index is -0.0810. The van der Waals surface area contributed by atoms with Gasteiger partial charge in [0.05, 0.1) is 30.6 Å². The van der Waals surface area contributed by atoms with E-state index in [2.05, 4.69) is 25.7 Å². The molecule has 0 spiro atoms. The molecule has 1 aliphatic heterocycles. The normalized spacial score (nSPS) is 13.5. The summed E-state index contributed by atoms with van der Waals surface area (Å²) in [5.74, 6) is 0.659. The highest BCUT2D eigenvalue weighted by Crippen LogP contribution is 2.31. The van der Waals surface area contributed by atoms with E-state index in [1.165, 1.54) is 6.33 Å². The molecule has 2 aromatic carbocycles. The fraction of sp³-hybridized carbons (Fsp3) is 0.300. The van der Waals surface area contributed by atoms with Gasteiger partial charge in [0.25, 0.3) is 0 Å². The molecule has 1 amide bonds. The van der Waals surface area contributed by atoms with Crippen LogP contribution in [0.15, 0.2) is 48.8 Å². The van der Waals surface area contributed by atoms with Crippen molar-refractivity contribution in [1.82, 2.24) is 20.2 Å². The van der Waals surface area contributed by atoms with Crippen molar-refractivity contribution < 1.29 is 9.53 Å². The highest BCUT2D eigenvalue weighted by atomic mass is 16.5. The molecule has 1 aromatic heterocycles. The Hall–Kier alpha value is -3.42. The molecule has 4 rings (SSSR count). The smallest absolute Gasteiger partial charge is 0.228 e. The molecule has 0 bridgehead atoms. The Labute approximate surface area is 163 Å². The number of ether oxygens (including phenoxy) is 1. The average Bonchev–Trinajstić information content (AvgIpc) is 3.42. The Balaban J connectivity index is 1.58. The maximum atomic E-state index is 12.7. The largest absolute Gasteiger partial charge is 0.497 e. The lowest BCUT2D eigenvalue weighted by Gasteiger charge is -2.22. The molecule has 3 aromatic rings. The number of anilines is 2. The first-order chi connectivity index (χ1) is 13.7. The van der Waals surface area contributed by atoms with Crippen molar-refractivity contribution in [3.05, 3.63) is 54.4 Å². The number of methoxy groups -OCH3 is 1. The molecule has 0 aliphatic carbocycles. The third-order valence-electron chi connectivity index (χ3n) is 4.81. The number of nitrogens with one attached hydrogen (secondary N) is 1. The number of tetrazole rings is 1. The molecule has 2 heterocycles. The lowest BCUT2D eigenvalue weighted by Crippen LogP contribution is -2.22. The Morgan fingerprint density at radius 1 is 1.18 bits per heavy atom. The summed E-state index contributed by atoms with van der Waals surface area (Å²) in [6.45, 7) is 1.98. The van der Waals surface area contributed by atoms with E-state index in [4.69, 9.17) is 4.74 Å². The van der Waals surface area contributed by atoms with E-state index in [0.29, 0.717) is 0 Å². The highest BCUT2D eigenvalue weighted by molar-refractivity contribution is 5.96. The average molecular weight is 378 g/mol. The summed E-state index contributed by atoms with van der Waals surface area (Å²) in [5, 5.41) is 14.4. The van der Waals surface area contributed by atoms with Crippen LogP contribution in [0.5, 0.6) is 5.75 Å². The van der Waals surface area contributed by atoms with E-state index in [0.717, 1.165) is 54.3 Å². The Morgan fingerprint density at radius 3 is 2.79 bits per heavy atom. The number of benzene rings is 2. The van der Waals surface area contributed by atoms with Gasteiger partial charge < -0.3 is 15.0 Å². The third kappa shape index (κ3) is 3.95. The van der Waals surface area contributed by atoms with Crippen LogP contribution < -0.4 is 15.0 Å². The molecule has 1 fully saturated rings. The number of hydrogen-bond acceptors (Lipinski definition) is 6. The quantitative estimate of drug-likeness (QED) is 0.709. The predicted molar refractivity (Wildman–Crippen MR) is 106 cm³/mol. The van der Waals surface area contributed by atoms with Crippen LogP contribution in [-0.2, 0) is 11.2 Å². The van der Waals surface area contributed by atoms with Gasteiger partial charge in [-0.3, -0.25) is 4.79 Å². The number of rotatable bonds is 6. The van der Waals surface area contributed by atoms with Crippen molar-refractivity contribution >= 4 is 17.3 Å². The fourth-order valence-corrected chi connectivity index (χ4v) is 3.44. The number of aromatic nitrogens is 4. The lowest BCUT2D eigenvalue weighted by molar-refractivity contribution is -0.115. The Morgan fingerprint density at radius 2 is 2.04 bits per heavy atom. The van der Waals surface area contributed by atoms with Crippen LogP contribution in [0.1, 0.15) is 18.4 Å². The number of carbonyl (C=O) groups is 1. The predicted octanol–water partition coefficient (Wildman–Crippen LogP) is 2.45. The van der Waals surface area contributed by atoms with Crippen LogP contribution in [0, 0.1) is 0 Å². The summed E-state index contributed by atoms with van der Waals surface area (Å²) in [7, 11) is 1.62. The molecule has 8 heteroatoms. The van der Waals surface area contributed by atoms with Gasteiger partial charge in [0.2, 0.25) is 5.91 Å². The first kappa shape index (κ1) is 18.0. The summed E-state index contributed by atoms with van der Waals surface area (Å²) in [4.78, 5) is 15.0. The summed E-state index contributed by atoms with van der Waals surface area (Å²) in [6.07, 6.45) is 4.12. The number of nitrogens with zero attached hydrogens (tertiary/aromatic N) is 5. The van der Waals surface area contributed by atoms with Crippen LogP contribution in [0.25, 0.3) is 5.69 Å². The molecule has 1 aliphatic rings. The van der Waals surface area contributed by atoms with Crippen molar-refractivity contribution in [2.24, 2.45) is 0 Å². The minimum Gasteiger partial charge on any atom is -0.497 e. The second-order valence-corrected chi connectivity index (χ2v) is 6.73. The van der Waals surface area contributed by atoms with Crippen LogP contribution in [0.4, 0.5) is 11.4 Å². The van der Waals surface area contributed by atoms with Crippen molar-refractivity contribution in [3.8, 4) is 11.4 Å². The van der Waals surface area contributed by atoms with Crippen molar-refractivity contribution in [1.29, 1.82) is 0 Å². The van der Waals surface area contributed by atoms with Crippen molar-refractivity contribution in [3.63, 3.8) is 0 Å². The van der Waals surface area contributed by atoms with Crippen LogP contribution >= 0.6 is 0 Å². The van der Waals surface area contributed by atoms with E-state index in [9.17, 15) is 4.79 Å². The Kier molecular flexibility index (Phi) is 5.18. The van der Waals surface area contributed by atoms with Crippen LogP contribution in [0.3, 0.4) is 0 Å². The monoisotopic (exact) mass is 378 g/mol. The van der Waals surface area contributed by atoms with Gasteiger partial charge in [-0.2, -0.15) is 0 Å². The maximum Gasteiger partial charge on any atom is 0.228 e. The first-order valence-electron chi connectivity index (χ1n) is 9.28. The van der Waals surface area contributed by atoms with Gasteiger partial charge in [0, 0.05) is 13.1 Å². The van der Waals surface area contributed by atoms with Crippen LogP contribution in [0.2, 0.25) is 0 Å². The van der Waals surface area contributed by atoms with E-state index < -0.39 is 0 Å². The molecule has 28 heavy (non-hydrogen) atoms. The second-order valence-electron chi connectivity index (χ2n) is 6.73. The SMILES string of the molecule is COc1cccc(CC(=O)Nc2cc(-n3cnnn3)ccc2N2CCCC2)c1. The van der Waals surface area contributed by atoms with Gasteiger partial charge in [-0.1, -0.05) is 12.1 Å². The number of amides is 1. The summed E-state index contributed by atoms with van der Waals surface area (Å²) in [6, 6.07) is 13.4. The molecule has 0 atom stereocenters. The summed E-state index contributed by atoms with van der Waals surface area (Å²) in [5.41, 5.74) is 3.48.